The van der Waals surface area contributed by atoms with Crippen molar-refractivity contribution in [3.05, 3.63) is 58.9 Å². The zero-order chi connectivity index (χ0) is 18.2. The van der Waals surface area contributed by atoms with E-state index in [9.17, 15) is 9.50 Å². The van der Waals surface area contributed by atoms with Gasteiger partial charge in [-0.15, -0.1) is 0 Å². The summed E-state index contributed by atoms with van der Waals surface area (Å²) in [6.07, 6.45) is -0.706. The first-order valence-corrected chi connectivity index (χ1v) is 8.52. The molecule has 0 aliphatic rings. The normalized spacial score (nSPS) is 12.2. The molecular weight excluding hydrogens is 345 g/mol. The van der Waals surface area contributed by atoms with Gasteiger partial charge in [0.25, 0.3) is 0 Å². The number of benzene rings is 2. The Morgan fingerprint density at radius 1 is 1.12 bits per heavy atom. The highest BCUT2D eigenvalue weighted by Gasteiger charge is 2.13. The minimum atomic E-state index is -0.706. The van der Waals surface area contributed by atoms with Crippen molar-refractivity contribution in [1.29, 1.82) is 0 Å². The lowest BCUT2D eigenvalue weighted by Crippen LogP contribution is -2.33. The Balaban J connectivity index is 1.80. The fourth-order valence-corrected chi connectivity index (χ4v) is 2.64. The molecule has 0 saturated heterocycles. The molecule has 0 fully saturated rings. The third-order valence-corrected chi connectivity index (χ3v) is 3.94. The molecule has 0 aliphatic carbocycles. The Morgan fingerprint density at radius 3 is 2.36 bits per heavy atom. The molecule has 0 saturated carbocycles. The lowest BCUT2D eigenvalue weighted by molar-refractivity contribution is 0.0741. The maximum atomic E-state index is 13.8. The van der Waals surface area contributed by atoms with Gasteiger partial charge in [0.15, 0.2) is 0 Å². The molecule has 0 heterocycles. The van der Waals surface area contributed by atoms with Crippen LogP contribution in [0.3, 0.4) is 0 Å². The summed E-state index contributed by atoms with van der Waals surface area (Å²) in [6.45, 7) is 3.32. The van der Waals surface area contributed by atoms with Gasteiger partial charge in [-0.05, 0) is 50.4 Å². The average Bonchev–Trinajstić information content (AvgIpc) is 2.58. The first-order chi connectivity index (χ1) is 12.0. The molecule has 136 valence electrons. The van der Waals surface area contributed by atoms with Gasteiger partial charge in [0, 0.05) is 23.7 Å². The van der Waals surface area contributed by atoms with E-state index < -0.39 is 6.10 Å². The second kappa shape index (κ2) is 9.61. The van der Waals surface area contributed by atoms with Crippen molar-refractivity contribution < 1.29 is 19.0 Å². The number of nitrogens with zero attached hydrogens (tertiary/aromatic N) is 1. The van der Waals surface area contributed by atoms with Gasteiger partial charge in [0.05, 0.1) is 6.61 Å². The van der Waals surface area contributed by atoms with Crippen LogP contribution in [0.1, 0.15) is 12.5 Å². The van der Waals surface area contributed by atoms with Crippen LogP contribution in [-0.2, 0) is 6.54 Å². The van der Waals surface area contributed by atoms with Crippen molar-refractivity contribution in [2.75, 3.05) is 26.8 Å². The van der Waals surface area contributed by atoms with Gasteiger partial charge in [0.1, 0.15) is 30.0 Å². The van der Waals surface area contributed by atoms with E-state index in [1.54, 1.807) is 36.2 Å². The van der Waals surface area contributed by atoms with Crippen LogP contribution < -0.4 is 9.47 Å². The second-order valence-corrected chi connectivity index (χ2v) is 6.17. The van der Waals surface area contributed by atoms with E-state index in [1.807, 2.05) is 19.1 Å². The van der Waals surface area contributed by atoms with Gasteiger partial charge in [-0.3, -0.25) is 4.90 Å². The molecule has 0 radical (unpaired) electrons. The van der Waals surface area contributed by atoms with E-state index in [-0.39, 0.29) is 12.4 Å². The van der Waals surface area contributed by atoms with Gasteiger partial charge in [-0.1, -0.05) is 17.7 Å². The minimum Gasteiger partial charge on any atom is -0.494 e. The molecule has 4 nitrogen and oxygen atoms in total. The van der Waals surface area contributed by atoms with Gasteiger partial charge >= 0.3 is 0 Å². The minimum absolute atomic E-state index is 0.142. The number of aliphatic hydroxyl groups is 1. The van der Waals surface area contributed by atoms with Crippen LogP contribution in [0.25, 0.3) is 0 Å². The zero-order valence-corrected chi connectivity index (χ0v) is 15.2. The van der Waals surface area contributed by atoms with E-state index in [0.29, 0.717) is 36.0 Å². The lowest BCUT2D eigenvalue weighted by atomic mass is 10.2. The van der Waals surface area contributed by atoms with Crippen molar-refractivity contribution in [2.45, 2.75) is 19.6 Å². The van der Waals surface area contributed by atoms with Crippen molar-refractivity contribution in [3.63, 3.8) is 0 Å². The number of rotatable bonds is 9. The average molecular weight is 368 g/mol. The van der Waals surface area contributed by atoms with E-state index in [1.165, 1.54) is 6.07 Å². The summed E-state index contributed by atoms with van der Waals surface area (Å²) in [7, 11) is 1.79. The third kappa shape index (κ3) is 6.20. The summed E-state index contributed by atoms with van der Waals surface area (Å²) in [5.74, 6) is 1.08. The predicted molar refractivity (Wildman–Crippen MR) is 96.9 cm³/mol. The molecule has 1 atom stereocenters. The first-order valence-electron chi connectivity index (χ1n) is 8.14. The van der Waals surface area contributed by atoms with E-state index >= 15 is 0 Å². The van der Waals surface area contributed by atoms with Crippen LogP contribution >= 0.6 is 11.6 Å². The van der Waals surface area contributed by atoms with Crippen LogP contribution in [-0.4, -0.2) is 42.9 Å². The Bertz CT molecular complexity index is 646. The molecular formula is C19H23ClFNO3. The molecule has 0 amide bonds. The molecule has 2 aromatic rings. The highest BCUT2D eigenvalue weighted by molar-refractivity contribution is 6.31. The predicted octanol–water partition coefficient (Wildman–Crippen LogP) is 3.75. The fraction of sp³-hybridized carbons (Fsp3) is 0.368. The Labute approximate surface area is 152 Å². The van der Waals surface area contributed by atoms with Crippen molar-refractivity contribution in [3.8, 4) is 11.5 Å². The number of hydrogen-bond acceptors (Lipinski definition) is 4. The van der Waals surface area contributed by atoms with E-state index in [4.69, 9.17) is 21.1 Å². The summed E-state index contributed by atoms with van der Waals surface area (Å²) in [5, 5.41) is 10.5. The molecule has 2 rings (SSSR count). The quantitative estimate of drug-likeness (QED) is 0.733. The summed E-state index contributed by atoms with van der Waals surface area (Å²) in [5.41, 5.74) is 0.422. The SMILES string of the molecule is CCOc1ccc(OC[C@@H](O)CN(C)Cc2c(F)cccc2Cl)cc1. The Hall–Kier alpha value is -1.82. The molecule has 0 spiro atoms. The van der Waals surface area contributed by atoms with Gasteiger partial charge in [0.2, 0.25) is 0 Å². The summed E-state index contributed by atoms with van der Waals surface area (Å²) >= 11 is 6.02. The van der Waals surface area contributed by atoms with E-state index in [2.05, 4.69) is 0 Å². The van der Waals surface area contributed by atoms with Gasteiger partial charge < -0.3 is 14.6 Å². The van der Waals surface area contributed by atoms with Crippen LogP contribution in [0.15, 0.2) is 42.5 Å². The maximum Gasteiger partial charge on any atom is 0.129 e. The lowest BCUT2D eigenvalue weighted by Gasteiger charge is -2.21. The molecule has 6 heteroatoms. The third-order valence-electron chi connectivity index (χ3n) is 3.59. The molecule has 0 aromatic heterocycles. The number of ether oxygens (including phenoxy) is 2. The number of likely N-dealkylation sites (N-methyl/N-ethyl adjacent to an activating group) is 1. The highest BCUT2D eigenvalue weighted by Crippen LogP contribution is 2.21. The van der Waals surface area contributed by atoms with Crippen molar-refractivity contribution >= 4 is 11.6 Å². The molecule has 2 aromatic carbocycles. The van der Waals surface area contributed by atoms with Crippen LogP contribution in [0.5, 0.6) is 11.5 Å². The molecule has 0 aliphatic heterocycles. The molecule has 0 bridgehead atoms. The molecule has 0 unspecified atom stereocenters. The maximum absolute atomic E-state index is 13.8. The smallest absolute Gasteiger partial charge is 0.129 e. The fourth-order valence-electron chi connectivity index (χ4n) is 2.42. The zero-order valence-electron chi connectivity index (χ0n) is 14.4. The van der Waals surface area contributed by atoms with Crippen molar-refractivity contribution in [2.24, 2.45) is 0 Å². The molecule has 25 heavy (non-hydrogen) atoms. The number of aliphatic hydroxyl groups excluding tert-OH is 1. The largest absolute Gasteiger partial charge is 0.494 e. The first kappa shape index (κ1) is 19.5. The topological polar surface area (TPSA) is 41.9 Å². The number of halogens is 2. The van der Waals surface area contributed by atoms with Gasteiger partial charge in [-0.2, -0.15) is 0 Å². The standard InChI is InChI=1S/C19H23ClFNO3/c1-3-24-15-7-9-16(10-8-15)25-13-14(23)11-22(2)12-17-18(20)5-4-6-19(17)21/h4-10,14,23H,3,11-13H2,1-2H3/t14-/m0/s1. The van der Waals surface area contributed by atoms with Crippen LogP contribution in [0, 0.1) is 5.82 Å². The Morgan fingerprint density at radius 2 is 1.76 bits per heavy atom. The van der Waals surface area contributed by atoms with Crippen molar-refractivity contribution in [1.82, 2.24) is 4.90 Å². The van der Waals surface area contributed by atoms with Gasteiger partial charge in [-0.25, -0.2) is 4.39 Å². The summed E-state index contributed by atoms with van der Waals surface area (Å²) in [6, 6.07) is 11.8. The monoisotopic (exact) mass is 367 g/mol. The Kier molecular flexibility index (Phi) is 7.50. The summed E-state index contributed by atoms with van der Waals surface area (Å²) < 4.78 is 24.7. The second-order valence-electron chi connectivity index (χ2n) is 5.77. The number of hydrogen-bond donors (Lipinski definition) is 1. The van der Waals surface area contributed by atoms with E-state index in [0.717, 1.165) is 5.75 Å². The van der Waals surface area contributed by atoms with Crippen LogP contribution in [0.2, 0.25) is 5.02 Å². The van der Waals surface area contributed by atoms with Crippen LogP contribution in [0.4, 0.5) is 4.39 Å². The highest BCUT2D eigenvalue weighted by atomic mass is 35.5. The molecule has 1 N–H and O–H groups in total. The summed E-state index contributed by atoms with van der Waals surface area (Å²) in [4.78, 5) is 1.80.